The van der Waals surface area contributed by atoms with Gasteiger partial charge in [0.05, 0.1) is 15.7 Å². The van der Waals surface area contributed by atoms with Crippen molar-refractivity contribution in [2.75, 3.05) is 0 Å². The molecule has 0 aliphatic heterocycles. The van der Waals surface area contributed by atoms with E-state index in [1.165, 1.54) is 36.5 Å². The molecule has 0 spiro atoms. The summed E-state index contributed by atoms with van der Waals surface area (Å²) in [6.45, 7) is 0. The lowest BCUT2D eigenvalue weighted by molar-refractivity contribution is 1.07. The van der Waals surface area contributed by atoms with Gasteiger partial charge < -0.3 is 4.57 Å². The number of hydrogen-bond donors (Lipinski definition) is 0. The summed E-state index contributed by atoms with van der Waals surface area (Å²) in [6.07, 6.45) is 0. The molecule has 0 atom stereocenters. The smallest absolute Gasteiger partial charge is 0.164 e. The van der Waals surface area contributed by atoms with Crippen molar-refractivity contribution in [1.29, 1.82) is 0 Å². The molecule has 0 fully saturated rings. The molecule has 9 aromatic rings. The highest BCUT2D eigenvalue weighted by Crippen LogP contribution is 2.45. The van der Waals surface area contributed by atoms with Gasteiger partial charge >= 0.3 is 0 Å². The Labute approximate surface area is 257 Å². The topological polar surface area (TPSA) is 43.6 Å². The maximum absolute atomic E-state index is 5.01. The molecule has 0 radical (unpaired) electrons. The first-order valence-electron chi connectivity index (χ1n) is 14.6. The largest absolute Gasteiger partial charge is 0.308 e. The molecule has 0 saturated carbocycles. The second-order valence-corrected chi connectivity index (χ2v) is 11.9. The van der Waals surface area contributed by atoms with Crippen molar-refractivity contribution in [3.8, 4) is 39.9 Å². The van der Waals surface area contributed by atoms with E-state index < -0.39 is 0 Å². The molecule has 6 aromatic carbocycles. The first kappa shape index (κ1) is 24.9. The van der Waals surface area contributed by atoms with Gasteiger partial charge in [0.25, 0.3) is 0 Å². The third kappa shape index (κ3) is 3.94. The van der Waals surface area contributed by atoms with E-state index in [-0.39, 0.29) is 0 Å². The molecule has 0 amide bonds. The van der Waals surface area contributed by atoms with Gasteiger partial charge in [0.2, 0.25) is 0 Å². The monoisotopic (exact) mass is 580 g/mol. The summed E-state index contributed by atoms with van der Waals surface area (Å²) in [5, 5.41) is 5.00. The lowest BCUT2D eigenvalue weighted by Crippen LogP contribution is -2.00. The maximum Gasteiger partial charge on any atom is 0.164 e. The highest BCUT2D eigenvalue weighted by Gasteiger charge is 2.20. The van der Waals surface area contributed by atoms with E-state index in [1.54, 1.807) is 0 Å². The van der Waals surface area contributed by atoms with E-state index in [2.05, 4.69) is 89.5 Å². The molecule has 44 heavy (non-hydrogen) atoms. The molecule has 4 nitrogen and oxygen atoms in total. The van der Waals surface area contributed by atoms with Crippen molar-refractivity contribution >= 4 is 53.3 Å². The van der Waals surface area contributed by atoms with Crippen LogP contribution in [-0.2, 0) is 0 Å². The Morgan fingerprint density at radius 3 is 1.70 bits per heavy atom. The number of aromatic nitrogens is 4. The van der Waals surface area contributed by atoms with Crippen LogP contribution in [0.25, 0.3) is 81.8 Å². The number of para-hydroxylation sites is 1. The van der Waals surface area contributed by atoms with Crippen LogP contribution in [0.15, 0.2) is 146 Å². The van der Waals surface area contributed by atoms with E-state index in [4.69, 9.17) is 15.0 Å². The van der Waals surface area contributed by atoms with Gasteiger partial charge in [-0.2, -0.15) is 0 Å². The Hall–Kier alpha value is -5.65. The second-order valence-electron chi connectivity index (χ2n) is 10.9. The zero-order chi connectivity index (χ0) is 29.0. The molecule has 0 bridgehead atoms. The van der Waals surface area contributed by atoms with E-state index in [0.717, 1.165) is 27.9 Å². The molecule has 5 heteroatoms. The summed E-state index contributed by atoms with van der Waals surface area (Å²) in [6, 6.07) is 50.7. The molecular formula is C39H24N4S. The fraction of sp³-hybridized carbons (Fsp3) is 0. The number of nitrogens with zero attached hydrogens (tertiary/aromatic N) is 4. The molecule has 0 saturated heterocycles. The van der Waals surface area contributed by atoms with Crippen molar-refractivity contribution in [2.45, 2.75) is 0 Å². The summed E-state index contributed by atoms with van der Waals surface area (Å²) in [5.74, 6) is 1.98. The van der Waals surface area contributed by atoms with Crippen LogP contribution in [0.1, 0.15) is 0 Å². The molecule has 9 rings (SSSR count). The molecule has 3 aromatic heterocycles. The Morgan fingerprint density at radius 1 is 0.432 bits per heavy atom. The minimum atomic E-state index is 0.659. The van der Waals surface area contributed by atoms with Crippen LogP contribution in [0.4, 0.5) is 0 Å². The third-order valence-corrected chi connectivity index (χ3v) is 9.49. The molecule has 0 unspecified atom stereocenters. The van der Waals surface area contributed by atoms with Gasteiger partial charge in [-0.1, -0.05) is 115 Å². The van der Waals surface area contributed by atoms with Crippen molar-refractivity contribution in [3.05, 3.63) is 146 Å². The molecule has 0 aliphatic carbocycles. The van der Waals surface area contributed by atoms with Crippen LogP contribution < -0.4 is 0 Å². The quantitative estimate of drug-likeness (QED) is 0.208. The van der Waals surface area contributed by atoms with Gasteiger partial charge in [0.15, 0.2) is 17.5 Å². The highest BCUT2D eigenvalue weighted by atomic mass is 32.1. The zero-order valence-electron chi connectivity index (χ0n) is 23.6. The van der Waals surface area contributed by atoms with Gasteiger partial charge in [-0.05, 0) is 41.1 Å². The average Bonchev–Trinajstić information content (AvgIpc) is 3.64. The Bertz CT molecular complexity index is 2420. The molecule has 0 aliphatic rings. The number of benzene rings is 6. The Kier molecular flexibility index (Phi) is 5.64. The number of fused-ring (bicyclic) bond motifs is 7. The fourth-order valence-corrected chi connectivity index (χ4v) is 7.52. The van der Waals surface area contributed by atoms with Gasteiger partial charge in [0.1, 0.15) is 0 Å². The van der Waals surface area contributed by atoms with Crippen molar-refractivity contribution < 1.29 is 0 Å². The summed E-state index contributed by atoms with van der Waals surface area (Å²) < 4.78 is 4.97. The van der Waals surface area contributed by atoms with E-state index in [1.807, 2.05) is 72.0 Å². The Balaban J connectivity index is 1.33. The fourth-order valence-electron chi connectivity index (χ4n) is 6.17. The van der Waals surface area contributed by atoms with Gasteiger partial charge in [-0.25, -0.2) is 15.0 Å². The van der Waals surface area contributed by atoms with Gasteiger partial charge in [0, 0.05) is 37.9 Å². The maximum atomic E-state index is 5.01. The number of thiophene rings is 1. The normalized spacial score (nSPS) is 11.6. The van der Waals surface area contributed by atoms with E-state index in [0.29, 0.717) is 17.5 Å². The van der Waals surface area contributed by atoms with Crippen molar-refractivity contribution in [3.63, 3.8) is 0 Å². The molecule has 0 N–H and O–H groups in total. The SMILES string of the molecule is c1ccc(-c2nc(-c3ccccc3)nc(-c3ccc4c(c3)c3sc5c6ccccc6ccc5c3n4-c3ccccc3)n2)cc1. The minimum absolute atomic E-state index is 0.659. The first-order valence-corrected chi connectivity index (χ1v) is 15.4. The average molecular weight is 581 g/mol. The predicted molar refractivity (Wildman–Crippen MR) is 183 cm³/mol. The lowest BCUT2D eigenvalue weighted by Gasteiger charge is -2.10. The van der Waals surface area contributed by atoms with Gasteiger partial charge in [-0.3, -0.25) is 0 Å². The van der Waals surface area contributed by atoms with E-state index >= 15 is 0 Å². The third-order valence-electron chi connectivity index (χ3n) is 8.23. The van der Waals surface area contributed by atoms with Crippen LogP contribution >= 0.6 is 11.3 Å². The predicted octanol–water partition coefficient (Wildman–Crippen LogP) is 10.3. The van der Waals surface area contributed by atoms with Crippen LogP contribution in [0.3, 0.4) is 0 Å². The van der Waals surface area contributed by atoms with Crippen LogP contribution in [0.5, 0.6) is 0 Å². The number of rotatable bonds is 4. The zero-order valence-corrected chi connectivity index (χ0v) is 24.4. The second kappa shape index (κ2) is 9.97. The van der Waals surface area contributed by atoms with Crippen LogP contribution in [0, 0.1) is 0 Å². The number of hydrogen-bond acceptors (Lipinski definition) is 4. The minimum Gasteiger partial charge on any atom is -0.308 e. The highest BCUT2D eigenvalue weighted by molar-refractivity contribution is 7.27. The summed E-state index contributed by atoms with van der Waals surface area (Å²) in [5.41, 5.74) is 6.43. The van der Waals surface area contributed by atoms with Crippen molar-refractivity contribution in [2.24, 2.45) is 0 Å². The molecular weight excluding hydrogens is 557 g/mol. The van der Waals surface area contributed by atoms with Gasteiger partial charge in [-0.15, -0.1) is 11.3 Å². The Morgan fingerprint density at radius 2 is 1.02 bits per heavy atom. The summed E-state index contributed by atoms with van der Waals surface area (Å²) >= 11 is 1.87. The summed E-state index contributed by atoms with van der Waals surface area (Å²) in [7, 11) is 0. The standard InChI is InChI=1S/C39H24N4S/c1-4-13-26(14-5-1)37-40-38(27-15-6-2-7-16-27)42-39(41-37)28-21-23-33-32(24-28)36-34(43(33)29-17-8-3-9-18-29)31-22-20-25-12-10-11-19-30(25)35(31)44-36/h1-24H. The molecule has 206 valence electrons. The summed E-state index contributed by atoms with van der Waals surface area (Å²) in [4.78, 5) is 14.9. The molecule has 3 heterocycles. The first-order chi connectivity index (χ1) is 21.8. The van der Waals surface area contributed by atoms with E-state index in [9.17, 15) is 0 Å². The van der Waals surface area contributed by atoms with Crippen LogP contribution in [-0.4, -0.2) is 19.5 Å². The van der Waals surface area contributed by atoms with Crippen molar-refractivity contribution in [1.82, 2.24) is 19.5 Å². The van der Waals surface area contributed by atoms with Crippen LogP contribution in [0.2, 0.25) is 0 Å². The lowest BCUT2D eigenvalue weighted by atomic mass is 10.1.